The highest BCUT2D eigenvalue weighted by Gasteiger charge is 2.45. The Hall–Kier alpha value is -3.41. The van der Waals surface area contributed by atoms with Crippen LogP contribution in [0.1, 0.15) is 23.2 Å². The lowest BCUT2D eigenvalue weighted by Gasteiger charge is -2.44. The quantitative estimate of drug-likeness (QED) is 0.688. The van der Waals surface area contributed by atoms with Gasteiger partial charge in [0.05, 0.1) is 11.4 Å². The summed E-state index contributed by atoms with van der Waals surface area (Å²) in [5.74, 6) is -0.0159. The van der Waals surface area contributed by atoms with Gasteiger partial charge >= 0.3 is 0 Å². The third kappa shape index (κ3) is 2.60. The normalized spacial score (nSPS) is 17.7. The smallest absolute Gasteiger partial charge is 0.254 e. The van der Waals surface area contributed by atoms with Gasteiger partial charge in [0.1, 0.15) is 5.54 Å². The topological polar surface area (TPSA) is 74.3 Å². The first-order valence-corrected chi connectivity index (χ1v) is 9.47. The van der Waals surface area contributed by atoms with Crippen molar-refractivity contribution in [2.45, 2.75) is 18.4 Å². The molecule has 6 nitrogen and oxygen atoms in total. The maximum absolute atomic E-state index is 13.1. The number of amides is 2. The van der Waals surface area contributed by atoms with Crippen molar-refractivity contribution in [2.24, 2.45) is 0 Å². The van der Waals surface area contributed by atoms with Crippen LogP contribution in [0.3, 0.4) is 0 Å². The van der Waals surface area contributed by atoms with Crippen LogP contribution in [0.5, 0.6) is 0 Å². The third-order valence-corrected chi connectivity index (χ3v) is 5.80. The molecular weight excluding hydrogens is 352 g/mol. The van der Waals surface area contributed by atoms with E-state index in [9.17, 15) is 9.59 Å². The van der Waals surface area contributed by atoms with Gasteiger partial charge in [0, 0.05) is 36.4 Å². The molecule has 0 unspecified atom stereocenters. The molecule has 5 rings (SSSR count). The standard InChI is InChI=1S/C22H20N4O2/c27-20(17-5-3-4-15-14-23-11-8-16(15)17)26-12-9-22(10-13-26)21(28)24-18-6-1-2-7-19(18)25-22/h1-8,11,14,25H,9-10,12-13H2,(H,24,28). The van der Waals surface area contributed by atoms with Crippen LogP contribution in [-0.4, -0.2) is 40.3 Å². The Bertz CT molecular complexity index is 1080. The number of aromatic nitrogens is 1. The zero-order chi connectivity index (χ0) is 19.1. The van der Waals surface area contributed by atoms with E-state index in [1.165, 1.54) is 0 Å². The van der Waals surface area contributed by atoms with Crippen molar-refractivity contribution >= 4 is 34.0 Å². The number of rotatable bonds is 1. The zero-order valence-corrected chi connectivity index (χ0v) is 15.3. The number of benzene rings is 2. The summed E-state index contributed by atoms with van der Waals surface area (Å²) < 4.78 is 0. The summed E-state index contributed by atoms with van der Waals surface area (Å²) >= 11 is 0. The molecule has 0 radical (unpaired) electrons. The summed E-state index contributed by atoms with van der Waals surface area (Å²) in [6.45, 7) is 1.06. The molecule has 6 heteroatoms. The molecule has 0 bridgehead atoms. The maximum atomic E-state index is 13.1. The summed E-state index contributed by atoms with van der Waals surface area (Å²) in [6, 6.07) is 15.3. The lowest BCUT2D eigenvalue weighted by Crippen LogP contribution is -2.59. The van der Waals surface area contributed by atoms with E-state index in [1.807, 2.05) is 53.4 Å². The SMILES string of the molecule is O=C(c1cccc2cnccc12)N1CCC2(CC1)Nc1ccccc1NC2=O. The van der Waals surface area contributed by atoms with Gasteiger partial charge in [-0.1, -0.05) is 24.3 Å². The summed E-state index contributed by atoms with van der Waals surface area (Å²) in [5.41, 5.74) is 1.76. The first kappa shape index (κ1) is 16.7. The Labute approximate surface area is 162 Å². The number of anilines is 2. The van der Waals surface area contributed by atoms with Crippen molar-refractivity contribution in [2.75, 3.05) is 23.7 Å². The number of para-hydroxylation sites is 2. The van der Waals surface area contributed by atoms with E-state index >= 15 is 0 Å². The lowest BCUT2D eigenvalue weighted by molar-refractivity contribution is -0.122. The molecule has 1 spiro atoms. The molecule has 2 aliphatic rings. The molecule has 2 aromatic carbocycles. The Morgan fingerprint density at radius 3 is 2.61 bits per heavy atom. The molecule has 1 saturated heterocycles. The van der Waals surface area contributed by atoms with Crippen LogP contribution < -0.4 is 10.6 Å². The average Bonchev–Trinajstić information content (AvgIpc) is 2.74. The number of carbonyl (C=O) groups excluding carboxylic acids is 2. The number of nitrogens with zero attached hydrogens (tertiary/aromatic N) is 2. The van der Waals surface area contributed by atoms with Gasteiger partial charge in [0.2, 0.25) is 5.91 Å². The number of hydrogen-bond acceptors (Lipinski definition) is 4. The molecule has 0 atom stereocenters. The Kier molecular flexibility index (Phi) is 3.79. The van der Waals surface area contributed by atoms with Gasteiger partial charge in [0.25, 0.3) is 5.91 Å². The van der Waals surface area contributed by atoms with E-state index in [2.05, 4.69) is 15.6 Å². The second-order valence-corrected chi connectivity index (χ2v) is 7.40. The minimum atomic E-state index is -0.659. The number of pyridine rings is 1. The second kappa shape index (κ2) is 6.34. The first-order chi connectivity index (χ1) is 13.7. The third-order valence-electron chi connectivity index (χ3n) is 5.80. The Morgan fingerprint density at radius 2 is 1.79 bits per heavy atom. The van der Waals surface area contributed by atoms with E-state index in [0.29, 0.717) is 31.5 Å². The number of piperidine rings is 1. The molecule has 3 aromatic rings. The molecular formula is C22H20N4O2. The molecule has 1 fully saturated rings. The van der Waals surface area contributed by atoms with E-state index in [0.717, 1.165) is 22.1 Å². The van der Waals surface area contributed by atoms with Gasteiger partial charge in [-0.05, 0) is 42.5 Å². The number of likely N-dealkylation sites (tertiary alicyclic amines) is 1. The fourth-order valence-corrected chi connectivity index (χ4v) is 4.18. The van der Waals surface area contributed by atoms with E-state index in [1.54, 1.807) is 12.4 Å². The zero-order valence-electron chi connectivity index (χ0n) is 15.3. The average molecular weight is 372 g/mol. The largest absolute Gasteiger partial charge is 0.369 e. The predicted octanol–water partition coefficient (Wildman–Crippen LogP) is 3.27. The molecule has 1 aromatic heterocycles. The molecule has 2 aliphatic heterocycles. The van der Waals surface area contributed by atoms with E-state index in [-0.39, 0.29) is 11.8 Å². The molecule has 2 N–H and O–H groups in total. The summed E-state index contributed by atoms with van der Waals surface area (Å²) in [7, 11) is 0. The van der Waals surface area contributed by atoms with Crippen LogP contribution in [0.2, 0.25) is 0 Å². The van der Waals surface area contributed by atoms with Crippen molar-refractivity contribution in [1.82, 2.24) is 9.88 Å². The summed E-state index contributed by atoms with van der Waals surface area (Å²) in [6.07, 6.45) is 4.62. The van der Waals surface area contributed by atoms with Crippen LogP contribution in [0.4, 0.5) is 11.4 Å². The van der Waals surface area contributed by atoms with Crippen LogP contribution >= 0.6 is 0 Å². The highest BCUT2D eigenvalue weighted by Crippen LogP contribution is 2.36. The van der Waals surface area contributed by atoms with Gasteiger partial charge in [-0.2, -0.15) is 0 Å². The van der Waals surface area contributed by atoms with Crippen LogP contribution in [0.25, 0.3) is 10.8 Å². The molecule has 0 saturated carbocycles. The van der Waals surface area contributed by atoms with Gasteiger partial charge < -0.3 is 15.5 Å². The van der Waals surface area contributed by atoms with Crippen molar-refractivity contribution in [1.29, 1.82) is 0 Å². The fraction of sp³-hybridized carbons (Fsp3) is 0.227. The van der Waals surface area contributed by atoms with Crippen LogP contribution in [0, 0.1) is 0 Å². The van der Waals surface area contributed by atoms with Crippen molar-refractivity contribution in [3.8, 4) is 0 Å². The molecule has 28 heavy (non-hydrogen) atoms. The van der Waals surface area contributed by atoms with E-state index in [4.69, 9.17) is 0 Å². The predicted molar refractivity (Wildman–Crippen MR) is 108 cm³/mol. The van der Waals surface area contributed by atoms with Gasteiger partial charge in [0.15, 0.2) is 0 Å². The van der Waals surface area contributed by atoms with Crippen LogP contribution in [-0.2, 0) is 4.79 Å². The highest BCUT2D eigenvalue weighted by atomic mass is 16.2. The van der Waals surface area contributed by atoms with Gasteiger partial charge in [-0.15, -0.1) is 0 Å². The van der Waals surface area contributed by atoms with Gasteiger partial charge in [-0.25, -0.2) is 0 Å². The summed E-state index contributed by atoms with van der Waals surface area (Å²) in [4.78, 5) is 31.9. The monoisotopic (exact) mass is 372 g/mol. The molecule has 2 amide bonds. The van der Waals surface area contributed by atoms with Gasteiger partial charge in [-0.3, -0.25) is 14.6 Å². The minimum Gasteiger partial charge on any atom is -0.369 e. The lowest BCUT2D eigenvalue weighted by atomic mass is 9.84. The number of fused-ring (bicyclic) bond motifs is 2. The Balaban J connectivity index is 1.37. The van der Waals surface area contributed by atoms with E-state index < -0.39 is 5.54 Å². The van der Waals surface area contributed by atoms with Crippen molar-refractivity contribution in [3.05, 3.63) is 66.5 Å². The Morgan fingerprint density at radius 1 is 1.00 bits per heavy atom. The maximum Gasteiger partial charge on any atom is 0.254 e. The van der Waals surface area contributed by atoms with Crippen molar-refractivity contribution in [3.63, 3.8) is 0 Å². The summed E-state index contributed by atoms with van der Waals surface area (Å²) in [5, 5.41) is 8.30. The number of carbonyl (C=O) groups is 2. The second-order valence-electron chi connectivity index (χ2n) is 7.40. The fourth-order valence-electron chi connectivity index (χ4n) is 4.18. The molecule has 0 aliphatic carbocycles. The highest BCUT2D eigenvalue weighted by molar-refractivity contribution is 6.08. The van der Waals surface area contributed by atoms with Crippen molar-refractivity contribution < 1.29 is 9.59 Å². The molecule has 140 valence electrons. The number of hydrogen-bond donors (Lipinski definition) is 2. The number of nitrogens with one attached hydrogen (secondary N) is 2. The molecule has 3 heterocycles. The first-order valence-electron chi connectivity index (χ1n) is 9.47. The van der Waals surface area contributed by atoms with Crippen LogP contribution in [0.15, 0.2) is 60.9 Å². The minimum absolute atomic E-state index is 0.00303.